The average Bonchev–Trinajstić information content (AvgIpc) is 2.14. The number of rotatable bonds is 1. The van der Waals surface area contributed by atoms with Crippen molar-refractivity contribution in [3.63, 3.8) is 0 Å². The van der Waals surface area contributed by atoms with Crippen LogP contribution < -0.4 is 0 Å². The van der Waals surface area contributed by atoms with Crippen molar-refractivity contribution in [3.05, 3.63) is 11.6 Å². The maximum atomic E-state index is 10.1. The number of allylic oxidation sites excluding steroid dienone is 2. The standard InChI is InChI=1S/C14H24O/c1-13(2,15)11-7-9-14(3)8-5-4-6-12(14)10-11/h6,11,15H,4-5,7-10H2,1-3H3. The maximum absolute atomic E-state index is 10.1. The van der Waals surface area contributed by atoms with Crippen molar-refractivity contribution in [1.29, 1.82) is 0 Å². The summed E-state index contributed by atoms with van der Waals surface area (Å²) in [6.45, 7) is 6.34. The largest absolute Gasteiger partial charge is 0.390 e. The highest BCUT2D eigenvalue weighted by Crippen LogP contribution is 2.50. The Labute approximate surface area is 93.6 Å². The van der Waals surface area contributed by atoms with Crippen molar-refractivity contribution in [2.45, 2.75) is 64.9 Å². The molecule has 1 N–H and O–H groups in total. The first-order valence-corrected chi connectivity index (χ1v) is 6.34. The SMILES string of the molecule is CC12CCCC=C1CC(C(C)(C)O)CC2. The lowest BCUT2D eigenvalue weighted by Crippen LogP contribution is -2.38. The predicted octanol–water partition coefficient (Wildman–Crippen LogP) is 3.67. The third-order valence-corrected chi connectivity index (χ3v) is 4.61. The van der Waals surface area contributed by atoms with Crippen molar-refractivity contribution < 1.29 is 5.11 Å². The molecule has 15 heavy (non-hydrogen) atoms. The van der Waals surface area contributed by atoms with Crippen LogP contribution in [-0.4, -0.2) is 10.7 Å². The molecule has 86 valence electrons. The lowest BCUT2D eigenvalue weighted by molar-refractivity contribution is -0.00412. The van der Waals surface area contributed by atoms with Crippen molar-refractivity contribution in [3.8, 4) is 0 Å². The minimum Gasteiger partial charge on any atom is -0.390 e. The van der Waals surface area contributed by atoms with E-state index < -0.39 is 5.60 Å². The minimum absolute atomic E-state index is 0.468. The van der Waals surface area contributed by atoms with Crippen LogP contribution in [0.5, 0.6) is 0 Å². The quantitative estimate of drug-likeness (QED) is 0.652. The Kier molecular flexibility index (Phi) is 2.70. The zero-order valence-corrected chi connectivity index (χ0v) is 10.3. The molecule has 2 rings (SSSR count). The second-order valence-electron chi connectivity index (χ2n) is 6.28. The summed E-state index contributed by atoms with van der Waals surface area (Å²) in [5, 5.41) is 10.1. The molecule has 0 heterocycles. The third kappa shape index (κ3) is 2.13. The van der Waals surface area contributed by atoms with E-state index in [1.807, 2.05) is 13.8 Å². The van der Waals surface area contributed by atoms with E-state index in [1.165, 1.54) is 32.1 Å². The van der Waals surface area contributed by atoms with Crippen molar-refractivity contribution in [1.82, 2.24) is 0 Å². The van der Waals surface area contributed by atoms with E-state index in [0.29, 0.717) is 11.3 Å². The molecule has 0 radical (unpaired) electrons. The first-order valence-electron chi connectivity index (χ1n) is 6.34. The van der Waals surface area contributed by atoms with Gasteiger partial charge in [0.15, 0.2) is 0 Å². The fourth-order valence-electron chi connectivity index (χ4n) is 3.25. The minimum atomic E-state index is -0.500. The van der Waals surface area contributed by atoms with Gasteiger partial charge in [-0.1, -0.05) is 18.6 Å². The Morgan fingerprint density at radius 3 is 2.80 bits per heavy atom. The van der Waals surface area contributed by atoms with Crippen LogP contribution in [0.1, 0.15) is 59.3 Å². The van der Waals surface area contributed by atoms with Crippen LogP contribution in [0.25, 0.3) is 0 Å². The van der Waals surface area contributed by atoms with E-state index in [9.17, 15) is 5.11 Å². The van der Waals surface area contributed by atoms with Crippen molar-refractivity contribution >= 4 is 0 Å². The zero-order valence-electron chi connectivity index (χ0n) is 10.3. The van der Waals surface area contributed by atoms with E-state index in [4.69, 9.17) is 0 Å². The highest BCUT2D eigenvalue weighted by molar-refractivity contribution is 5.20. The van der Waals surface area contributed by atoms with Crippen LogP contribution in [0.2, 0.25) is 0 Å². The summed E-state index contributed by atoms with van der Waals surface area (Å²) in [6, 6.07) is 0. The highest BCUT2D eigenvalue weighted by atomic mass is 16.3. The van der Waals surface area contributed by atoms with Gasteiger partial charge in [0.2, 0.25) is 0 Å². The van der Waals surface area contributed by atoms with Crippen molar-refractivity contribution in [2.75, 3.05) is 0 Å². The van der Waals surface area contributed by atoms with Crippen LogP contribution in [0.15, 0.2) is 11.6 Å². The van der Waals surface area contributed by atoms with Crippen LogP contribution in [0.3, 0.4) is 0 Å². The molecule has 0 spiro atoms. The molecule has 2 aliphatic rings. The molecule has 2 unspecified atom stereocenters. The van der Waals surface area contributed by atoms with Crippen LogP contribution in [-0.2, 0) is 0 Å². The summed E-state index contributed by atoms with van der Waals surface area (Å²) in [5.74, 6) is 0.468. The second-order valence-corrected chi connectivity index (χ2v) is 6.28. The molecule has 0 bridgehead atoms. The number of fused-ring (bicyclic) bond motifs is 1. The van der Waals surface area contributed by atoms with Gasteiger partial charge in [-0.05, 0) is 63.7 Å². The Morgan fingerprint density at radius 1 is 1.40 bits per heavy atom. The fraction of sp³-hybridized carbons (Fsp3) is 0.857. The zero-order chi connectivity index (χ0) is 11.1. The Bertz CT molecular complexity index is 272. The first-order chi connectivity index (χ1) is 6.92. The maximum Gasteiger partial charge on any atom is 0.0622 e. The van der Waals surface area contributed by atoms with Gasteiger partial charge in [-0.25, -0.2) is 0 Å². The molecule has 2 atom stereocenters. The van der Waals surface area contributed by atoms with Crippen LogP contribution >= 0.6 is 0 Å². The lowest BCUT2D eigenvalue weighted by atomic mass is 9.61. The molecular formula is C14H24O. The van der Waals surface area contributed by atoms with E-state index in [0.717, 1.165) is 6.42 Å². The summed E-state index contributed by atoms with van der Waals surface area (Å²) in [6.07, 6.45) is 10.0. The molecule has 1 saturated carbocycles. The van der Waals surface area contributed by atoms with E-state index in [2.05, 4.69) is 13.0 Å². The Morgan fingerprint density at radius 2 is 2.13 bits per heavy atom. The van der Waals surface area contributed by atoms with E-state index in [-0.39, 0.29) is 0 Å². The molecule has 0 aromatic carbocycles. The summed E-state index contributed by atoms with van der Waals surface area (Å²) in [4.78, 5) is 0. The van der Waals surface area contributed by atoms with Crippen LogP contribution in [0, 0.1) is 11.3 Å². The van der Waals surface area contributed by atoms with Gasteiger partial charge in [0.05, 0.1) is 5.60 Å². The molecule has 0 saturated heterocycles. The van der Waals surface area contributed by atoms with Gasteiger partial charge in [-0.3, -0.25) is 0 Å². The second kappa shape index (κ2) is 3.62. The summed E-state index contributed by atoms with van der Waals surface area (Å²) >= 11 is 0. The highest BCUT2D eigenvalue weighted by Gasteiger charge is 2.40. The molecule has 2 aliphatic carbocycles. The van der Waals surface area contributed by atoms with Gasteiger partial charge in [0.25, 0.3) is 0 Å². The number of aliphatic hydroxyl groups is 1. The third-order valence-electron chi connectivity index (χ3n) is 4.61. The first kappa shape index (κ1) is 11.2. The van der Waals surface area contributed by atoms with Gasteiger partial charge in [0, 0.05) is 0 Å². The summed E-state index contributed by atoms with van der Waals surface area (Å²) < 4.78 is 0. The summed E-state index contributed by atoms with van der Waals surface area (Å²) in [5.41, 5.74) is 1.60. The summed E-state index contributed by atoms with van der Waals surface area (Å²) in [7, 11) is 0. The van der Waals surface area contributed by atoms with Gasteiger partial charge >= 0.3 is 0 Å². The Balaban J connectivity index is 2.15. The van der Waals surface area contributed by atoms with Gasteiger partial charge in [-0.2, -0.15) is 0 Å². The molecule has 1 nitrogen and oxygen atoms in total. The number of hydrogen-bond donors (Lipinski definition) is 1. The molecule has 1 fully saturated rings. The smallest absolute Gasteiger partial charge is 0.0622 e. The lowest BCUT2D eigenvalue weighted by Gasteiger charge is -2.45. The van der Waals surface area contributed by atoms with Crippen LogP contribution in [0.4, 0.5) is 0 Å². The van der Waals surface area contributed by atoms with Crippen molar-refractivity contribution in [2.24, 2.45) is 11.3 Å². The number of hydrogen-bond acceptors (Lipinski definition) is 1. The van der Waals surface area contributed by atoms with E-state index >= 15 is 0 Å². The molecule has 0 aromatic rings. The molecular weight excluding hydrogens is 184 g/mol. The predicted molar refractivity (Wildman–Crippen MR) is 63.7 cm³/mol. The molecule has 0 aromatic heterocycles. The monoisotopic (exact) mass is 208 g/mol. The van der Waals surface area contributed by atoms with Gasteiger partial charge in [0.1, 0.15) is 0 Å². The average molecular weight is 208 g/mol. The van der Waals surface area contributed by atoms with E-state index in [1.54, 1.807) is 5.57 Å². The topological polar surface area (TPSA) is 20.2 Å². The molecule has 0 amide bonds. The normalized spacial score (nSPS) is 37.1. The Hall–Kier alpha value is -0.300. The molecule has 0 aliphatic heterocycles. The van der Waals surface area contributed by atoms with Gasteiger partial charge in [-0.15, -0.1) is 0 Å². The fourth-order valence-corrected chi connectivity index (χ4v) is 3.25. The van der Waals surface area contributed by atoms with Gasteiger partial charge < -0.3 is 5.11 Å². The molecule has 1 heteroatoms.